The Morgan fingerprint density at radius 2 is 1.63 bits per heavy atom. The topological polar surface area (TPSA) is 80.3 Å². The number of thioether (sulfide) groups is 1. The van der Waals surface area contributed by atoms with Crippen LogP contribution in [0.15, 0.2) is 58.3 Å². The molecule has 8 heteroatoms. The third kappa shape index (κ3) is 6.60. The summed E-state index contributed by atoms with van der Waals surface area (Å²) in [6, 6.07) is 15.0. The fourth-order valence-electron chi connectivity index (χ4n) is 2.63. The first kappa shape index (κ1) is 21.9. The van der Waals surface area contributed by atoms with E-state index in [1.165, 1.54) is 28.7 Å². The number of carbonyl (C=O) groups is 2. The van der Waals surface area contributed by atoms with Crippen LogP contribution < -0.4 is 15.4 Å². The molecule has 0 bridgehead atoms. The number of ether oxygens (including phenoxy) is 1. The van der Waals surface area contributed by atoms with Gasteiger partial charge in [0.1, 0.15) is 5.75 Å². The number of carbonyl (C=O) groups excluding carboxylic acids is 2. The van der Waals surface area contributed by atoms with Crippen molar-refractivity contribution >= 4 is 46.3 Å². The van der Waals surface area contributed by atoms with Crippen LogP contribution in [0.25, 0.3) is 0 Å². The van der Waals surface area contributed by atoms with Crippen LogP contribution in [0.4, 0.5) is 11.4 Å². The average molecular weight is 442 g/mol. The molecule has 0 unspecified atom stereocenters. The summed E-state index contributed by atoms with van der Waals surface area (Å²) in [4.78, 5) is 28.8. The van der Waals surface area contributed by atoms with E-state index in [0.29, 0.717) is 11.4 Å². The van der Waals surface area contributed by atoms with E-state index in [2.05, 4.69) is 22.5 Å². The van der Waals surface area contributed by atoms with Crippen LogP contribution in [0.1, 0.15) is 18.2 Å². The monoisotopic (exact) mass is 441 g/mol. The zero-order valence-corrected chi connectivity index (χ0v) is 18.4. The normalized spacial score (nSPS) is 10.5. The molecule has 156 valence electrons. The van der Waals surface area contributed by atoms with E-state index >= 15 is 0 Å². The number of hydrogen-bond acceptors (Lipinski definition) is 6. The molecule has 2 amide bonds. The Morgan fingerprint density at radius 3 is 2.27 bits per heavy atom. The van der Waals surface area contributed by atoms with E-state index in [4.69, 9.17) is 4.74 Å². The van der Waals surface area contributed by atoms with Crippen LogP contribution in [-0.4, -0.2) is 29.7 Å². The lowest BCUT2D eigenvalue weighted by atomic mass is 10.1. The number of hydrogen-bond donors (Lipinski definition) is 2. The van der Waals surface area contributed by atoms with Crippen LogP contribution in [0.5, 0.6) is 5.75 Å². The van der Waals surface area contributed by atoms with Gasteiger partial charge in [-0.2, -0.15) is 0 Å². The molecule has 0 atom stereocenters. The highest BCUT2D eigenvalue weighted by atomic mass is 32.2. The standard InChI is InChI=1S/C22H23N3O3S2/c1-3-15-4-6-16(7-5-15)23-20(26)12-18-13-29-22(25-18)30-14-21(27)24-17-8-10-19(28-2)11-9-17/h4-11,13H,3,12,14H2,1-2H3,(H,23,26)(H,24,27). The van der Waals surface area contributed by atoms with Crippen molar-refractivity contribution in [3.05, 3.63) is 65.2 Å². The van der Waals surface area contributed by atoms with E-state index < -0.39 is 0 Å². The number of nitrogens with one attached hydrogen (secondary N) is 2. The molecule has 0 aliphatic carbocycles. The number of anilines is 2. The Balaban J connectivity index is 1.44. The number of aromatic nitrogens is 1. The van der Waals surface area contributed by atoms with Crippen LogP contribution in [0.2, 0.25) is 0 Å². The van der Waals surface area contributed by atoms with Crippen LogP contribution in [0, 0.1) is 0 Å². The molecule has 1 aromatic heterocycles. The maximum absolute atomic E-state index is 12.2. The summed E-state index contributed by atoms with van der Waals surface area (Å²) >= 11 is 2.78. The van der Waals surface area contributed by atoms with Crippen molar-refractivity contribution in [2.24, 2.45) is 0 Å². The molecular weight excluding hydrogens is 418 g/mol. The Hall–Kier alpha value is -2.84. The highest BCUT2D eigenvalue weighted by Crippen LogP contribution is 2.23. The minimum absolute atomic E-state index is 0.113. The highest BCUT2D eigenvalue weighted by Gasteiger charge is 2.11. The molecule has 0 fully saturated rings. The second-order valence-corrected chi connectivity index (χ2v) is 8.53. The average Bonchev–Trinajstić information content (AvgIpc) is 3.20. The second kappa shape index (κ2) is 10.8. The molecule has 3 aromatic rings. The molecule has 0 saturated heterocycles. The van der Waals surface area contributed by atoms with Gasteiger partial charge in [-0.3, -0.25) is 9.59 Å². The van der Waals surface area contributed by atoms with Crippen LogP contribution >= 0.6 is 23.1 Å². The number of amides is 2. The molecule has 3 rings (SSSR count). The van der Waals surface area contributed by atoms with Crippen LogP contribution in [0.3, 0.4) is 0 Å². The SMILES string of the molecule is CCc1ccc(NC(=O)Cc2csc(SCC(=O)Nc3ccc(OC)cc3)n2)cc1. The smallest absolute Gasteiger partial charge is 0.234 e. The maximum Gasteiger partial charge on any atom is 0.234 e. The first-order chi connectivity index (χ1) is 14.6. The quantitative estimate of drug-likeness (QED) is 0.474. The summed E-state index contributed by atoms with van der Waals surface area (Å²) in [5, 5.41) is 7.57. The molecule has 2 N–H and O–H groups in total. The maximum atomic E-state index is 12.2. The molecule has 6 nitrogen and oxygen atoms in total. The molecule has 0 aliphatic rings. The molecule has 30 heavy (non-hydrogen) atoms. The zero-order chi connectivity index (χ0) is 21.3. The third-order valence-electron chi connectivity index (χ3n) is 4.22. The predicted octanol–water partition coefficient (Wildman–Crippen LogP) is 4.63. The van der Waals surface area contributed by atoms with E-state index in [-0.39, 0.29) is 24.0 Å². The molecule has 0 saturated carbocycles. The fourth-order valence-corrected chi connectivity index (χ4v) is 4.27. The fraction of sp³-hybridized carbons (Fsp3) is 0.227. The van der Waals surface area contributed by atoms with Gasteiger partial charge < -0.3 is 15.4 Å². The van der Waals surface area contributed by atoms with Gasteiger partial charge in [0.15, 0.2) is 4.34 Å². The van der Waals surface area contributed by atoms with Gasteiger partial charge in [-0.15, -0.1) is 11.3 Å². The van der Waals surface area contributed by atoms with Crippen molar-refractivity contribution in [1.29, 1.82) is 0 Å². The summed E-state index contributed by atoms with van der Waals surface area (Å²) in [6.45, 7) is 2.09. The van der Waals surface area contributed by atoms with Gasteiger partial charge in [0, 0.05) is 16.8 Å². The molecule has 1 heterocycles. The van der Waals surface area contributed by atoms with Crippen molar-refractivity contribution in [2.45, 2.75) is 24.1 Å². The largest absolute Gasteiger partial charge is 0.497 e. The number of nitrogens with zero attached hydrogens (tertiary/aromatic N) is 1. The Bertz CT molecular complexity index is 986. The van der Waals surface area contributed by atoms with Gasteiger partial charge >= 0.3 is 0 Å². The number of methoxy groups -OCH3 is 1. The lowest BCUT2D eigenvalue weighted by molar-refractivity contribution is -0.116. The predicted molar refractivity (Wildman–Crippen MR) is 123 cm³/mol. The van der Waals surface area contributed by atoms with E-state index in [9.17, 15) is 9.59 Å². The summed E-state index contributed by atoms with van der Waals surface area (Å²) in [6.07, 6.45) is 1.16. The van der Waals surface area contributed by atoms with Crippen molar-refractivity contribution in [1.82, 2.24) is 4.98 Å². The molecule has 2 aromatic carbocycles. The van der Waals surface area contributed by atoms with Crippen molar-refractivity contribution in [3.63, 3.8) is 0 Å². The number of aryl methyl sites for hydroxylation is 1. The lowest BCUT2D eigenvalue weighted by Gasteiger charge is -2.05. The summed E-state index contributed by atoms with van der Waals surface area (Å²) in [5.74, 6) is 0.753. The Labute approximate surface area is 184 Å². The first-order valence-electron chi connectivity index (χ1n) is 9.45. The van der Waals surface area contributed by atoms with Gasteiger partial charge in [-0.25, -0.2) is 4.98 Å². The van der Waals surface area contributed by atoms with E-state index in [0.717, 1.165) is 22.2 Å². The summed E-state index contributed by atoms with van der Waals surface area (Å²) in [7, 11) is 1.60. The van der Waals surface area contributed by atoms with E-state index in [1.807, 2.05) is 29.6 Å². The minimum atomic E-state index is -0.116. The van der Waals surface area contributed by atoms with Gasteiger partial charge in [0.05, 0.1) is 25.0 Å². The summed E-state index contributed by atoms with van der Waals surface area (Å²) < 4.78 is 5.86. The lowest BCUT2D eigenvalue weighted by Crippen LogP contribution is -2.14. The Kier molecular flexibility index (Phi) is 7.87. The van der Waals surface area contributed by atoms with Crippen molar-refractivity contribution < 1.29 is 14.3 Å². The third-order valence-corrected chi connectivity index (χ3v) is 6.29. The highest BCUT2D eigenvalue weighted by molar-refractivity contribution is 8.01. The van der Waals surface area contributed by atoms with Gasteiger partial charge in [0.2, 0.25) is 11.8 Å². The number of rotatable bonds is 9. The van der Waals surface area contributed by atoms with Crippen LogP contribution in [-0.2, 0) is 22.4 Å². The molecule has 0 radical (unpaired) electrons. The van der Waals surface area contributed by atoms with Crippen molar-refractivity contribution in [2.75, 3.05) is 23.5 Å². The molecule has 0 aliphatic heterocycles. The molecule has 0 spiro atoms. The number of thiazole rings is 1. The van der Waals surface area contributed by atoms with Crippen molar-refractivity contribution in [3.8, 4) is 5.75 Å². The van der Waals surface area contributed by atoms with E-state index in [1.54, 1.807) is 31.4 Å². The van der Waals surface area contributed by atoms with Gasteiger partial charge in [-0.05, 0) is 48.4 Å². The first-order valence-corrected chi connectivity index (χ1v) is 11.3. The summed E-state index contributed by atoms with van der Waals surface area (Å²) in [5.41, 5.74) is 3.41. The van der Waals surface area contributed by atoms with Gasteiger partial charge in [0.25, 0.3) is 0 Å². The minimum Gasteiger partial charge on any atom is -0.497 e. The second-order valence-electron chi connectivity index (χ2n) is 6.45. The molecular formula is C22H23N3O3S2. The number of benzene rings is 2. The zero-order valence-electron chi connectivity index (χ0n) is 16.8. The Morgan fingerprint density at radius 1 is 1.00 bits per heavy atom. The van der Waals surface area contributed by atoms with Gasteiger partial charge in [-0.1, -0.05) is 30.8 Å².